The molecule has 3 N–H and O–H groups in total. The van der Waals surface area contributed by atoms with Crippen LogP contribution in [0.25, 0.3) is 0 Å². The van der Waals surface area contributed by atoms with Crippen LogP contribution in [0, 0.1) is 0 Å². The SMILES string of the molecule is C[C@H](Nc1c[nH]c(=O)[nH]c1=O)c1ccccc1. The lowest BCUT2D eigenvalue weighted by Crippen LogP contribution is -2.25. The number of rotatable bonds is 3. The van der Waals surface area contributed by atoms with Crippen molar-refractivity contribution in [3.05, 3.63) is 62.9 Å². The summed E-state index contributed by atoms with van der Waals surface area (Å²) in [6.45, 7) is 1.94. The Kier molecular flexibility index (Phi) is 3.09. The monoisotopic (exact) mass is 231 g/mol. The molecule has 0 unspecified atom stereocenters. The van der Waals surface area contributed by atoms with Crippen LogP contribution in [0.5, 0.6) is 0 Å². The summed E-state index contributed by atoms with van der Waals surface area (Å²) in [5, 5.41) is 3.04. The normalized spacial score (nSPS) is 12.1. The molecule has 0 aliphatic rings. The third-order valence-corrected chi connectivity index (χ3v) is 2.49. The summed E-state index contributed by atoms with van der Waals surface area (Å²) in [6, 6.07) is 9.73. The van der Waals surface area contributed by atoms with E-state index in [1.54, 1.807) is 0 Å². The van der Waals surface area contributed by atoms with Crippen LogP contribution in [0.4, 0.5) is 5.69 Å². The third-order valence-electron chi connectivity index (χ3n) is 2.49. The maximum atomic E-state index is 11.5. The molecule has 0 bridgehead atoms. The lowest BCUT2D eigenvalue weighted by atomic mass is 10.1. The fourth-order valence-electron chi connectivity index (χ4n) is 1.58. The Bertz CT molecular complexity index is 601. The minimum Gasteiger partial charge on any atom is -0.373 e. The minimum atomic E-state index is -0.507. The molecule has 0 saturated heterocycles. The predicted octanol–water partition coefficient (Wildman–Crippen LogP) is 1.24. The van der Waals surface area contributed by atoms with Crippen molar-refractivity contribution >= 4 is 5.69 Å². The summed E-state index contributed by atoms with van der Waals surface area (Å²) in [5.41, 5.74) is 0.489. The van der Waals surface area contributed by atoms with Crippen LogP contribution in [0.1, 0.15) is 18.5 Å². The number of hydrogen-bond acceptors (Lipinski definition) is 3. The molecule has 5 nitrogen and oxygen atoms in total. The lowest BCUT2D eigenvalue weighted by molar-refractivity contribution is 0.872. The second-order valence-corrected chi connectivity index (χ2v) is 3.76. The van der Waals surface area contributed by atoms with Crippen LogP contribution < -0.4 is 16.6 Å². The molecule has 1 heterocycles. The molecular weight excluding hydrogens is 218 g/mol. The number of benzene rings is 1. The van der Waals surface area contributed by atoms with E-state index >= 15 is 0 Å². The average Bonchev–Trinajstić information content (AvgIpc) is 2.34. The summed E-state index contributed by atoms with van der Waals surface area (Å²) in [5.74, 6) is 0. The van der Waals surface area contributed by atoms with E-state index in [9.17, 15) is 9.59 Å². The van der Waals surface area contributed by atoms with Crippen LogP contribution in [-0.4, -0.2) is 9.97 Å². The van der Waals surface area contributed by atoms with Gasteiger partial charge in [-0.25, -0.2) is 4.79 Å². The average molecular weight is 231 g/mol. The van der Waals surface area contributed by atoms with Gasteiger partial charge in [0.2, 0.25) is 0 Å². The van der Waals surface area contributed by atoms with Crippen molar-refractivity contribution < 1.29 is 0 Å². The number of nitrogens with one attached hydrogen (secondary N) is 3. The Labute approximate surface area is 97.5 Å². The summed E-state index contributed by atoms with van der Waals surface area (Å²) >= 11 is 0. The van der Waals surface area contributed by atoms with Crippen molar-refractivity contribution in [2.24, 2.45) is 0 Å². The molecule has 2 rings (SSSR count). The lowest BCUT2D eigenvalue weighted by Gasteiger charge is -2.14. The van der Waals surface area contributed by atoms with Crippen molar-refractivity contribution in [3.63, 3.8) is 0 Å². The van der Waals surface area contributed by atoms with E-state index in [1.807, 2.05) is 37.3 Å². The highest BCUT2D eigenvalue weighted by atomic mass is 16.2. The molecule has 17 heavy (non-hydrogen) atoms. The van der Waals surface area contributed by atoms with Gasteiger partial charge in [-0.1, -0.05) is 30.3 Å². The fraction of sp³-hybridized carbons (Fsp3) is 0.167. The topological polar surface area (TPSA) is 77.8 Å². The Hall–Kier alpha value is -2.30. The van der Waals surface area contributed by atoms with Crippen molar-refractivity contribution in [2.75, 3.05) is 5.32 Å². The van der Waals surface area contributed by atoms with Gasteiger partial charge in [0, 0.05) is 12.2 Å². The van der Waals surface area contributed by atoms with E-state index in [1.165, 1.54) is 6.20 Å². The van der Waals surface area contributed by atoms with Gasteiger partial charge < -0.3 is 10.3 Å². The molecule has 0 fully saturated rings. The number of aromatic amines is 2. The molecule has 0 spiro atoms. The molecule has 88 valence electrons. The van der Waals surface area contributed by atoms with Crippen LogP contribution in [-0.2, 0) is 0 Å². The standard InChI is InChI=1S/C12H13N3O2/c1-8(9-5-3-2-4-6-9)14-10-7-13-12(17)15-11(10)16/h2-8,14H,1H3,(H2,13,15,16,17)/t8-/m0/s1. The zero-order chi connectivity index (χ0) is 12.3. The smallest absolute Gasteiger partial charge is 0.325 e. The molecule has 0 radical (unpaired) electrons. The number of hydrogen-bond donors (Lipinski definition) is 3. The largest absolute Gasteiger partial charge is 0.373 e. The summed E-state index contributed by atoms with van der Waals surface area (Å²) in [6.07, 6.45) is 1.38. The van der Waals surface area contributed by atoms with Crippen LogP contribution in [0.15, 0.2) is 46.1 Å². The first kappa shape index (κ1) is 11.2. The summed E-state index contributed by atoms with van der Waals surface area (Å²) in [4.78, 5) is 26.9. The van der Waals surface area contributed by atoms with Gasteiger partial charge in [-0.2, -0.15) is 0 Å². The zero-order valence-corrected chi connectivity index (χ0v) is 9.36. The Morgan fingerprint density at radius 2 is 1.88 bits per heavy atom. The molecule has 5 heteroatoms. The molecule has 1 aromatic carbocycles. The predicted molar refractivity (Wildman–Crippen MR) is 66.2 cm³/mol. The van der Waals surface area contributed by atoms with Crippen molar-refractivity contribution in [1.82, 2.24) is 9.97 Å². The Morgan fingerprint density at radius 3 is 2.53 bits per heavy atom. The molecule has 1 atom stereocenters. The van der Waals surface area contributed by atoms with Gasteiger partial charge in [0.05, 0.1) is 0 Å². The van der Waals surface area contributed by atoms with E-state index in [0.29, 0.717) is 5.69 Å². The molecule has 0 amide bonds. The Balaban J connectivity index is 2.22. The molecule has 0 saturated carbocycles. The molecule has 0 aliphatic heterocycles. The summed E-state index contributed by atoms with van der Waals surface area (Å²) < 4.78 is 0. The van der Waals surface area contributed by atoms with Crippen molar-refractivity contribution in [1.29, 1.82) is 0 Å². The van der Waals surface area contributed by atoms with Crippen LogP contribution >= 0.6 is 0 Å². The number of aromatic nitrogens is 2. The van der Waals surface area contributed by atoms with Gasteiger partial charge in [0.15, 0.2) is 0 Å². The highest BCUT2D eigenvalue weighted by molar-refractivity contribution is 5.40. The maximum Gasteiger partial charge on any atom is 0.325 e. The second kappa shape index (κ2) is 4.69. The van der Waals surface area contributed by atoms with Gasteiger partial charge in [0.25, 0.3) is 5.56 Å². The van der Waals surface area contributed by atoms with E-state index in [2.05, 4.69) is 15.3 Å². The number of anilines is 1. The van der Waals surface area contributed by atoms with Gasteiger partial charge >= 0.3 is 5.69 Å². The number of H-pyrrole nitrogens is 2. The van der Waals surface area contributed by atoms with Gasteiger partial charge in [0.1, 0.15) is 5.69 Å². The van der Waals surface area contributed by atoms with E-state index in [-0.39, 0.29) is 6.04 Å². The highest BCUT2D eigenvalue weighted by Gasteiger charge is 2.06. The molecular formula is C12H13N3O2. The van der Waals surface area contributed by atoms with Gasteiger partial charge in [-0.3, -0.25) is 9.78 Å². The molecule has 1 aromatic heterocycles. The quantitative estimate of drug-likeness (QED) is 0.743. The maximum absolute atomic E-state index is 11.5. The summed E-state index contributed by atoms with van der Waals surface area (Å²) in [7, 11) is 0. The van der Waals surface area contributed by atoms with Crippen molar-refractivity contribution in [3.8, 4) is 0 Å². The highest BCUT2D eigenvalue weighted by Crippen LogP contribution is 2.15. The van der Waals surface area contributed by atoms with Gasteiger partial charge in [-0.05, 0) is 12.5 Å². The van der Waals surface area contributed by atoms with Crippen molar-refractivity contribution in [2.45, 2.75) is 13.0 Å². The second-order valence-electron chi connectivity index (χ2n) is 3.76. The van der Waals surface area contributed by atoms with Crippen LogP contribution in [0.2, 0.25) is 0 Å². The first-order chi connectivity index (χ1) is 8.16. The van der Waals surface area contributed by atoms with Gasteiger partial charge in [-0.15, -0.1) is 0 Å². The molecule has 0 aliphatic carbocycles. The third kappa shape index (κ3) is 2.63. The fourth-order valence-corrected chi connectivity index (χ4v) is 1.58. The first-order valence-corrected chi connectivity index (χ1v) is 5.30. The van der Waals surface area contributed by atoms with E-state index in [4.69, 9.17) is 0 Å². The van der Waals surface area contributed by atoms with E-state index in [0.717, 1.165) is 5.56 Å². The first-order valence-electron chi connectivity index (χ1n) is 5.30. The Morgan fingerprint density at radius 1 is 1.18 bits per heavy atom. The minimum absolute atomic E-state index is 0.0109. The molecule has 2 aromatic rings. The van der Waals surface area contributed by atoms with Crippen LogP contribution in [0.3, 0.4) is 0 Å². The zero-order valence-electron chi connectivity index (χ0n) is 9.36. The van der Waals surface area contributed by atoms with E-state index < -0.39 is 11.2 Å².